The van der Waals surface area contributed by atoms with Crippen LogP contribution in [0, 0.1) is 11.3 Å². The molecule has 2 aromatic rings. The first-order chi connectivity index (χ1) is 9.28. The maximum atomic E-state index is 12.4. The van der Waals surface area contributed by atoms with Crippen molar-refractivity contribution in [3.05, 3.63) is 52.9 Å². The lowest BCUT2D eigenvalue weighted by Gasteiger charge is -2.25. The van der Waals surface area contributed by atoms with Gasteiger partial charge in [0.25, 0.3) is 5.91 Å². The molecule has 0 saturated heterocycles. The summed E-state index contributed by atoms with van der Waals surface area (Å²) in [5.41, 5.74) is 1.99. The Hall–Kier alpha value is -2.61. The zero-order valence-electron chi connectivity index (χ0n) is 10.2. The quantitative estimate of drug-likeness (QED) is 0.776. The molecule has 0 aliphatic carbocycles. The molecule has 5 heteroatoms. The summed E-state index contributed by atoms with van der Waals surface area (Å²) < 4.78 is 5.10. The Kier molecular flexibility index (Phi) is 2.76. The van der Waals surface area contributed by atoms with E-state index in [0.29, 0.717) is 30.6 Å². The molecule has 0 atom stereocenters. The molecule has 0 N–H and O–H groups in total. The second-order valence-electron chi connectivity index (χ2n) is 4.44. The second-order valence-corrected chi connectivity index (χ2v) is 4.44. The van der Waals surface area contributed by atoms with Crippen LogP contribution in [0.25, 0.3) is 0 Å². The van der Waals surface area contributed by atoms with Gasteiger partial charge in [0.15, 0.2) is 0 Å². The van der Waals surface area contributed by atoms with Crippen LogP contribution in [0.4, 0.5) is 0 Å². The molecule has 0 saturated carbocycles. The molecule has 1 aliphatic rings. The Labute approximate surface area is 110 Å². The highest BCUT2D eigenvalue weighted by molar-refractivity contribution is 5.94. The highest BCUT2D eigenvalue weighted by Gasteiger charge is 2.24. The van der Waals surface area contributed by atoms with Gasteiger partial charge >= 0.3 is 0 Å². The molecule has 19 heavy (non-hydrogen) atoms. The van der Waals surface area contributed by atoms with Gasteiger partial charge in [0.1, 0.15) is 5.76 Å². The van der Waals surface area contributed by atoms with Gasteiger partial charge in [0.2, 0.25) is 0 Å². The molecule has 5 nitrogen and oxygen atoms in total. The summed E-state index contributed by atoms with van der Waals surface area (Å²) in [6.07, 6.45) is 2.33. The maximum Gasteiger partial charge on any atom is 0.254 e. The van der Waals surface area contributed by atoms with Crippen LogP contribution >= 0.6 is 0 Å². The number of hydrogen-bond acceptors (Lipinski definition) is 4. The third-order valence-electron chi connectivity index (χ3n) is 3.23. The first kappa shape index (κ1) is 11.5. The van der Waals surface area contributed by atoms with E-state index >= 15 is 0 Å². The van der Waals surface area contributed by atoms with Crippen molar-refractivity contribution >= 4 is 5.91 Å². The van der Waals surface area contributed by atoms with Crippen molar-refractivity contribution in [2.75, 3.05) is 6.54 Å². The van der Waals surface area contributed by atoms with Crippen molar-refractivity contribution in [2.45, 2.75) is 13.0 Å². The van der Waals surface area contributed by atoms with E-state index in [0.717, 1.165) is 11.3 Å². The van der Waals surface area contributed by atoms with Gasteiger partial charge in [0.05, 0.1) is 24.4 Å². The highest BCUT2D eigenvalue weighted by Crippen LogP contribution is 2.20. The minimum Gasteiger partial charge on any atom is -0.361 e. The molecule has 1 amide bonds. The monoisotopic (exact) mass is 253 g/mol. The van der Waals surface area contributed by atoms with Crippen molar-refractivity contribution in [1.29, 1.82) is 5.26 Å². The van der Waals surface area contributed by atoms with E-state index in [4.69, 9.17) is 9.78 Å². The van der Waals surface area contributed by atoms with E-state index in [-0.39, 0.29) is 5.91 Å². The summed E-state index contributed by atoms with van der Waals surface area (Å²) in [6.45, 7) is 1.12. The molecular formula is C14H11N3O2. The number of carbonyl (C=O) groups excluding carboxylic acids is 1. The van der Waals surface area contributed by atoms with Gasteiger partial charge in [-0.15, -0.1) is 0 Å². The first-order valence-corrected chi connectivity index (χ1v) is 6.00. The summed E-state index contributed by atoms with van der Waals surface area (Å²) in [5.74, 6) is 0.791. The molecule has 0 spiro atoms. The SMILES string of the molecule is N#Cc1cccc(C(=O)N2CCc3oncc3C2)c1. The highest BCUT2D eigenvalue weighted by atomic mass is 16.5. The van der Waals surface area contributed by atoms with Crippen LogP contribution in [0.2, 0.25) is 0 Å². The van der Waals surface area contributed by atoms with E-state index in [1.165, 1.54) is 0 Å². The Balaban J connectivity index is 1.84. The lowest BCUT2D eigenvalue weighted by molar-refractivity contribution is 0.0729. The summed E-state index contributed by atoms with van der Waals surface area (Å²) in [5, 5.41) is 12.6. The molecule has 2 heterocycles. The molecule has 0 fully saturated rings. The van der Waals surface area contributed by atoms with Gasteiger partial charge in [-0.3, -0.25) is 4.79 Å². The van der Waals surface area contributed by atoms with E-state index < -0.39 is 0 Å². The average Bonchev–Trinajstić information content (AvgIpc) is 2.94. The number of nitriles is 1. The van der Waals surface area contributed by atoms with E-state index in [9.17, 15) is 4.79 Å². The van der Waals surface area contributed by atoms with Crippen molar-refractivity contribution in [3.8, 4) is 6.07 Å². The Morgan fingerprint density at radius 3 is 3.21 bits per heavy atom. The van der Waals surface area contributed by atoms with Crippen LogP contribution in [0.5, 0.6) is 0 Å². The predicted octanol–water partition coefficient (Wildman–Crippen LogP) is 1.74. The third-order valence-corrected chi connectivity index (χ3v) is 3.23. The second kappa shape index (κ2) is 4.58. The van der Waals surface area contributed by atoms with Crippen molar-refractivity contribution in [1.82, 2.24) is 10.1 Å². The molecular weight excluding hydrogens is 242 g/mol. The summed E-state index contributed by atoms with van der Waals surface area (Å²) in [6, 6.07) is 8.79. The Morgan fingerprint density at radius 1 is 1.47 bits per heavy atom. The number of nitrogens with zero attached hydrogens (tertiary/aromatic N) is 3. The van der Waals surface area contributed by atoms with Crippen molar-refractivity contribution in [3.63, 3.8) is 0 Å². The van der Waals surface area contributed by atoms with E-state index in [1.54, 1.807) is 35.4 Å². The topological polar surface area (TPSA) is 70.1 Å². The number of hydrogen-bond donors (Lipinski definition) is 0. The maximum absolute atomic E-state index is 12.4. The summed E-state index contributed by atoms with van der Waals surface area (Å²) in [7, 11) is 0. The number of rotatable bonds is 1. The summed E-state index contributed by atoms with van der Waals surface area (Å²) in [4.78, 5) is 14.1. The average molecular weight is 253 g/mol. The van der Waals surface area contributed by atoms with Gasteiger partial charge in [-0.25, -0.2) is 0 Å². The normalized spacial score (nSPS) is 13.7. The minimum absolute atomic E-state index is 0.0658. The zero-order chi connectivity index (χ0) is 13.2. The van der Waals surface area contributed by atoms with Crippen LogP contribution in [0.15, 0.2) is 35.0 Å². The summed E-state index contributed by atoms with van der Waals surface area (Å²) >= 11 is 0. The zero-order valence-corrected chi connectivity index (χ0v) is 10.2. The third kappa shape index (κ3) is 2.08. The van der Waals surface area contributed by atoms with Crippen molar-refractivity contribution in [2.24, 2.45) is 0 Å². The molecule has 1 aromatic heterocycles. The fourth-order valence-electron chi connectivity index (χ4n) is 2.22. The first-order valence-electron chi connectivity index (χ1n) is 6.00. The van der Waals surface area contributed by atoms with Crippen LogP contribution in [0.1, 0.15) is 27.2 Å². The fourth-order valence-corrected chi connectivity index (χ4v) is 2.22. The van der Waals surface area contributed by atoms with Gasteiger partial charge in [-0.05, 0) is 18.2 Å². The number of benzene rings is 1. The lowest BCUT2D eigenvalue weighted by atomic mass is 10.1. The molecule has 94 valence electrons. The molecule has 0 unspecified atom stereocenters. The number of amides is 1. The molecule has 3 rings (SSSR count). The van der Waals surface area contributed by atoms with E-state index in [1.807, 2.05) is 6.07 Å². The molecule has 0 radical (unpaired) electrons. The van der Waals surface area contributed by atoms with Crippen LogP contribution in [-0.4, -0.2) is 22.5 Å². The molecule has 1 aromatic carbocycles. The minimum atomic E-state index is -0.0658. The number of fused-ring (bicyclic) bond motifs is 1. The Bertz CT molecular complexity index is 669. The number of carbonyl (C=O) groups is 1. The standard InChI is InChI=1S/C14H11N3O2/c15-7-10-2-1-3-11(6-10)14(18)17-5-4-13-12(9-17)8-16-19-13/h1-3,6,8H,4-5,9H2. The molecule has 0 bridgehead atoms. The van der Waals surface area contributed by atoms with Gasteiger partial charge in [-0.2, -0.15) is 5.26 Å². The largest absolute Gasteiger partial charge is 0.361 e. The van der Waals surface area contributed by atoms with E-state index in [2.05, 4.69) is 5.16 Å². The van der Waals surface area contributed by atoms with Crippen LogP contribution < -0.4 is 0 Å². The van der Waals surface area contributed by atoms with Gasteiger partial charge < -0.3 is 9.42 Å². The van der Waals surface area contributed by atoms with Crippen LogP contribution in [-0.2, 0) is 13.0 Å². The molecule has 1 aliphatic heterocycles. The van der Waals surface area contributed by atoms with Gasteiger partial charge in [-0.1, -0.05) is 11.2 Å². The van der Waals surface area contributed by atoms with Crippen LogP contribution in [0.3, 0.4) is 0 Å². The van der Waals surface area contributed by atoms with Crippen molar-refractivity contribution < 1.29 is 9.32 Å². The van der Waals surface area contributed by atoms with Gasteiger partial charge in [0, 0.05) is 24.1 Å². The number of aromatic nitrogens is 1. The fraction of sp³-hybridized carbons (Fsp3) is 0.214. The predicted molar refractivity (Wildman–Crippen MR) is 66.1 cm³/mol. The Morgan fingerprint density at radius 2 is 2.37 bits per heavy atom. The lowest BCUT2D eigenvalue weighted by Crippen LogP contribution is -2.35. The smallest absolute Gasteiger partial charge is 0.254 e.